The third-order valence-electron chi connectivity index (χ3n) is 3.54. The van der Waals surface area contributed by atoms with Crippen molar-refractivity contribution in [3.05, 3.63) is 0 Å². The monoisotopic (exact) mass is 488 g/mol. The van der Waals surface area contributed by atoms with Crippen molar-refractivity contribution < 1.29 is 14.2 Å². The Balaban J connectivity index is 0. The van der Waals surface area contributed by atoms with Crippen molar-refractivity contribution in [3.63, 3.8) is 0 Å². The van der Waals surface area contributed by atoms with Gasteiger partial charge in [-0.3, -0.25) is 4.99 Å². The fourth-order valence-electron chi connectivity index (χ4n) is 2.04. The predicted molar refractivity (Wildman–Crippen MR) is 120 cm³/mol. The molecule has 26 heavy (non-hydrogen) atoms. The molecule has 0 aliphatic rings. The number of hydrogen-bond donors (Lipinski definition) is 2. The largest absolute Gasteiger partial charge is 0.383 e. The van der Waals surface area contributed by atoms with Gasteiger partial charge in [0.15, 0.2) is 5.96 Å². The van der Waals surface area contributed by atoms with Crippen molar-refractivity contribution in [2.75, 3.05) is 79.9 Å². The van der Waals surface area contributed by atoms with E-state index >= 15 is 0 Å². The molecular formula is C18H41IN4O3. The molecule has 0 bridgehead atoms. The zero-order valence-electron chi connectivity index (χ0n) is 17.2. The first-order valence-corrected chi connectivity index (χ1v) is 9.59. The Morgan fingerprint density at radius 3 is 2.31 bits per heavy atom. The predicted octanol–water partition coefficient (Wildman–Crippen LogP) is 1.96. The van der Waals surface area contributed by atoms with E-state index in [4.69, 9.17) is 14.2 Å². The zero-order valence-corrected chi connectivity index (χ0v) is 19.6. The lowest BCUT2D eigenvalue weighted by atomic mass is 10.4. The van der Waals surface area contributed by atoms with Crippen LogP contribution >= 0.6 is 24.0 Å². The molecule has 0 aromatic carbocycles. The van der Waals surface area contributed by atoms with Gasteiger partial charge in [0.25, 0.3) is 0 Å². The van der Waals surface area contributed by atoms with E-state index < -0.39 is 0 Å². The van der Waals surface area contributed by atoms with Crippen LogP contribution in [0.15, 0.2) is 4.99 Å². The van der Waals surface area contributed by atoms with E-state index in [-0.39, 0.29) is 24.0 Å². The van der Waals surface area contributed by atoms with Crippen LogP contribution in [0.3, 0.4) is 0 Å². The van der Waals surface area contributed by atoms with Crippen LogP contribution in [0.25, 0.3) is 0 Å². The molecule has 0 saturated carbocycles. The smallest absolute Gasteiger partial charge is 0.191 e. The van der Waals surface area contributed by atoms with E-state index in [1.807, 2.05) is 0 Å². The average molecular weight is 488 g/mol. The van der Waals surface area contributed by atoms with Gasteiger partial charge in [-0.25, -0.2) is 0 Å². The average Bonchev–Trinajstić information content (AvgIpc) is 2.61. The summed E-state index contributed by atoms with van der Waals surface area (Å²) in [6.45, 7) is 12.2. The van der Waals surface area contributed by atoms with Gasteiger partial charge in [0.1, 0.15) is 0 Å². The molecule has 0 aliphatic carbocycles. The number of hydrogen-bond acceptors (Lipinski definition) is 5. The minimum absolute atomic E-state index is 0. The van der Waals surface area contributed by atoms with Crippen molar-refractivity contribution in [3.8, 4) is 0 Å². The van der Waals surface area contributed by atoms with Crippen LogP contribution in [-0.4, -0.2) is 90.8 Å². The molecule has 0 aliphatic heterocycles. The highest BCUT2D eigenvalue weighted by Gasteiger charge is 1.99. The minimum Gasteiger partial charge on any atom is -0.383 e. The van der Waals surface area contributed by atoms with Crippen LogP contribution in [0.5, 0.6) is 0 Å². The standard InChI is InChI=1S/C18H40N4O3.HI/c1-5-7-13-24-16-17-25-14-10-21-18(19-6-2)20-9-8-11-22(3)12-15-23-4;/h5-17H2,1-4H3,(H2,19,20,21);1H. The van der Waals surface area contributed by atoms with Crippen molar-refractivity contribution in [2.45, 2.75) is 33.1 Å². The topological polar surface area (TPSA) is 67.4 Å². The van der Waals surface area contributed by atoms with Gasteiger partial charge in [-0.2, -0.15) is 0 Å². The zero-order chi connectivity index (χ0) is 18.6. The molecule has 8 heteroatoms. The molecule has 0 radical (unpaired) electrons. The first-order valence-electron chi connectivity index (χ1n) is 9.59. The van der Waals surface area contributed by atoms with Gasteiger partial charge in [-0.05, 0) is 33.4 Å². The summed E-state index contributed by atoms with van der Waals surface area (Å²) in [4.78, 5) is 6.85. The van der Waals surface area contributed by atoms with Gasteiger partial charge in [-0.1, -0.05) is 13.3 Å². The number of halogens is 1. The molecule has 7 nitrogen and oxygen atoms in total. The molecule has 0 aromatic rings. The lowest BCUT2D eigenvalue weighted by molar-refractivity contribution is 0.0487. The second-order valence-electron chi connectivity index (χ2n) is 5.92. The van der Waals surface area contributed by atoms with E-state index in [9.17, 15) is 0 Å². The number of unbranched alkanes of at least 4 members (excludes halogenated alkanes) is 1. The normalized spacial score (nSPS) is 11.5. The fraction of sp³-hybridized carbons (Fsp3) is 0.944. The van der Waals surface area contributed by atoms with E-state index in [0.29, 0.717) is 19.8 Å². The quantitative estimate of drug-likeness (QED) is 0.141. The molecule has 0 fully saturated rings. The summed E-state index contributed by atoms with van der Waals surface area (Å²) in [5.41, 5.74) is 0. The van der Waals surface area contributed by atoms with E-state index in [0.717, 1.165) is 64.7 Å². The Morgan fingerprint density at radius 2 is 1.65 bits per heavy atom. The molecule has 0 amide bonds. The number of guanidine groups is 1. The Morgan fingerprint density at radius 1 is 0.923 bits per heavy atom. The van der Waals surface area contributed by atoms with Crippen molar-refractivity contribution in [1.29, 1.82) is 0 Å². The maximum atomic E-state index is 5.55. The Labute approximate surface area is 177 Å². The highest BCUT2D eigenvalue weighted by atomic mass is 127. The summed E-state index contributed by atoms with van der Waals surface area (Å²) in [7, 11) is 3.84. The third kappa shape index (κ3) is 20.2. The Bertz CT molecular complexity index is 310. The maximum absolute atomic E-state index is 5.55. The number of ether oxygens (including phenoxy) is 3. The summed E-state index contributed by atoms with van der Waals surface area (Å²) in [6.07, 6.45) is 3.31. The van der Waals surface area contributed by atoms with Gasteiger partial charge in [-0.15, -0.1) is 24.0 Å². The van der Waals surface area contributed by atoms with Gasteiger partial charge < -0.3 is 29.7 Å². The first-order chi connectivity index (χ1) is 12.2. The second kappa shape index (κ2) is 22.9. The molecule has 0 spiro atoms. The minimum atomic E-state index is 0. The summed E-state index contributed by atoms with van der Waals surface area (Å²) < 4.78 is 16.1. The fourth-order valence-corrected chi connectivity index (χ4v) is 2.04. The number of aliphatic imine (C=N–C) groups is 1. The molecule has 0 rings (SSSR count). The van der Waals surface area contributed by atoms with Crippen LogP contribution < -0.4 is 10.6 Å². The third-order valence-corrected chi connectivity index (χ3v) is 3.54. The van der Waals surface area contributed by atoms with Crippen LogP contribution in [-0.2, 0) is 14.2 Å². The second-order valence-corrected chi connectivity index (χ2v) is 5.92. The summed E-state index contributed by atoms with van der Waals surface area (Å²) in [5, 5.41) is 6.55. The van der Waals surface area contributed by atoms with E-state index in [2.05, 4.69) is 41.4 Å². The Kier molecular flexibility index (Phi) is 24.7. The molecule has 0 unspecified atom stereocenters. The number of nitrogens with one attached hydrogen (secondary N) is 2. The number of likely N-dealkylation sites (N-methyl/N-ethyl adjacent to an activating group) is 1. The molecule has 158 valence electrons. The molecular weight excluding hydrogens is 447 g/mol. The van der Waals surface area contributed by atoms with E-state index in [1.54, 1.807) is 7.11 Å². The highest BCUT2D eigenvalue weighted by molar-refractivity contribution is 14.0. The van der Waals surface area contributed by atoms with Gasteiger partial charge in [0.2, 0.25) is 0 Å². The molecule has 0 saturated heterocycles. The van der Waals surface area contributed by atoms with E-state index in [1.165, 1.54) is 6.42 Å². The molecule has 2 N–H and O–H groups in total. The van der Waals surface area contributed by atoms with Crippen molar-refractivity contribution in [2.24, 2.45) is 4.99 Å². The number of rotatable bonds is 17. The number of nitrogens with zero attached hydrogens (tertiary/aromatic N) is 2. The number of methoxy groups -OCH3 is 1. The summed E-state index contributed by atoms with van der Waals surface area (Å²) in [5.74, 6) is 0.852. The first kappa shape index (κ1) is 28.1. The van der Waals surface area contributed by atoms with Gasteiger partial charge >= 0.3 is 0 Å². The summed E-state index contributed by atoms with van der Waals surface area (Å²) >= 11 is 0. The van der Waals surface area contributed by atoms with Crippen LogP contribution in [0.1, 0.15) is 33.1 Å². The summed E-state index contributed by atoms with van der Waals surface area (Å²) in [6, 6.07) is 0. The van der Waals surface area contributed by atoms with Crippen molar-refractivity contribution in [1.82, 2.24) is 15.5 Å². The van der Waals surface area contributed by atoms with Gasteiger partial charge in [0, 0.05) is 39.9 Å². The molecule has 0 heterocycles. The van der Waals surface area contributed by atoms with Crippen LogP contribution in [0, 0.1) is 0 Å². The van der Waals surface area contributed by atoms with Gasteiger partial charge in [0.05, 0.1) is 26.4 Å². The molecule has 0 aromatic heterocycles. The lowest BCUT2D eigenvalue weighted by Crippen LogP contribution is -2.39. The van der Waals surface area contributed by atoms with Crippen LogP contribution in [0.4, 0.5) is 0 Å². The SMILES string of the molecule is CCCCOCCOCCNC(=NCCCN(C)CCOC)NCC.I. The van der Waals surface area contributed by atoms with Crippen LogP contribution in [0.2, 0.25) is 0 Å². The maximum Gasteiger partial charge on any atom is 0.191 e. The highest BCUT2D eigenvalue weighted by Crippen LogP contribution is 1.89. The Hall–Kier alpha value is -0.160. The lowest BCUT2D eigenvalue weighted by Gasteiger charge is -2.15. The van der Waals surface area contributed by atoms with Crippen molar-refractivity contribution >= 4 is 29.9 Å². The molecule has 0 atom stereocenters.